The van der Waals surface area contributed by atoms with Crippen LogP contribution in [0.25, 0.3) is 0 Å². The molecule has 3 aliphatic rings. The second-order valence-electron chi connectivity index (χ2n) is 8.83. The Labute approximate surface area is 161 Å². The number of benzene rings is 1. The van der Waals surface area contributed by atoms with E-state index in [-0.39, 0.29) is 0 Å². The molecule has 1 nitrogen and oxygen atoms in total. The van der Waals surface area contributed by atoms with Crippen LogP contribution in [0.1, 0.15) is 96.5 Å². The molecule has 26 heavy (non-hydrogen) atoms. The van der Waals surface area contributed by atoms with E-state index in [2.05, 4.69) is 50.3 Å². The van der Waals surface area contributed by atoms with Crippen LogP contribution in [0.15, 0.2) is 36.4 Å². The summed E-state index contributed by atoms with van der Waals surface area (Å²) >= 11 is 0. The van der Waals surface area contributed by atoms with E-state index in [0.717, 1.165) is 12.2 Å². The van der Waals surface area contributed by atoms with Crippen LogP contribution in [0.5, 0.6) is 5.75 Å². The molecule has 0 unspecified atom stereocenters. The van der Waals surface area contributed by atoms with E-state index in [1.165, 1.54) is 70.6 Å². The van der Waals surface area contributed by atoms with E-state index >= 15 is 0 Å². The van der Waals surface area contributed by atoms with Gasteiger partial charge < -0.3 is 4.74 Å². The van der Waals surface area contributed by atoms with E-state index in [1.807, 2.05) is 0 Å². The van der Waals surface area contributed by atoms with E-state index in [4.69, 9.17) is 4.74 Å². The molecule has 0 amide bonds. The highest BCUT2D eigenvalue weighted by atomic mass is 16.5. The molecule has 3 aliphatic carbocycles. The van der Waals surface area contributed by atoms with Crippen molar-refractivity contribution in [2.24, 2.45) is 5.41 Å². The molecule has 144 valence electrons. The number of fused-ring (bicyclic) bond motifs is 3. The third kappa shape index (κ3) is 4.53. The summed E-state index contributed by atoms with van der Waals surface area (Å²) in [4.78, 5) is 0. The van der Waals surface area contributed by atoms with E-state index < -0.39 is 0 Å². The van der Waals surface area contributed by atoms with Crippen molar-refractivity contribution in [2.75, 3.05) is 6.61 Å². The average Bonchev–Trinajstić information content (AvgIpc) is 2.70. The Hall–Kier alpha value is -1.24. The molecule has 3 saturated carbocycles. The maximum atomic E-state index is 5.86. The molecule has 0 spiro atoms. The van der Waals surface area contributed by atoms with E-state index in [0.29, 0.717) is 17.4 Å². The predicted molar refractivity (Wildman–Crippen MR) is 112 cm³/mol. The van der Waals surface area contributed by atoms with Crippen molar-refractivity contribution < 1.29 is 4.74 Å². The second-order valence-corrected chi connectivity index (χ2v) is 8.83. The molecular formula is C25H38O. The third-order valence-electron chi connectivity index (χ3n) is 7.15. The summed E-state index contributed by atoms with van der Waals surface area (Å²) in [6, 6.07) is 9.08. The molecule has 0 aromatic heterocycles. The maximum Gasteiger partial charge on any atom is 0.119 e. The largest absolute Gasteiger partial charge is 0.490 e. The minimum atomic E-state index is 0.464. The molecule has 0 radical (unpaired) electrons. The summed E-state index contributed by atoms with van der Waals surface area (Å²) in [6.07, 6.45) is 21.0. The van der Waals surface area contributed by atoms with Gasteiger partial charge in [0.05, 0.1) is 0 Å². The summed E-state index contributed by atoms with van der Waals surface area (Å²) in [5.41, 5.74) is 2.73. The average molecular weight is 355 g/mol. The van der Waals surface area contributed by atoms with Crippen LogP contribution in [-0.4, -0.2) is 6.61 Å². The fourth-order valence-electron chi connectivity index (χ4n) is 5.22. The van der Waals surface area contributed by atoms with Gasteiger partial charge in [0.25, 0.3) is 0 Å². The van der Waals surface area contributed by atoms with E-state index in [9.17, 15) is 0 Å². The maximum absolute atomic E-state index is 5.86. The van der Waals surface area contributed by atoms with Crippen LogP contribution in [0, 0.1) is 5.41 Å². The number of rotatable bonds is 10. The van der Waals surface area contributed by atoms with Gasteiger partial charge in [0.2, 0.25) is 0 Å². The molecule has 4 rings (SSSR count). The Morgan fingerprint density at radius 1 is 0.846 bits per heavy atom. The molecule has 1 heteroatoms. The molecule has 0 atom stereocenters. The summed E-state index contributed by atoms with van der Waals surface area (Å²) in [6.45, 7) is 5.21. The highest BCUT2D eigenvalue weighted by Crippen LogP contribution is 2.59. The topological polar surface area (TPSA) is 9.23 Å². The van der Waals surface area contributed by atoms with Crippen molar-refractivity contribution in [3.63, 3.8) is 0 Å². The van der Waals surface area contributed by atoms with Crippen LogP contribution >= 0.6 is 0 Å². The standard InChI is InChI=1S/C25H38O/c1-3-5-7-9-21-26-23-12-10-22(11-13-23)25-18-15-24(16-19-25,17-20-25)14-8-6-4-2/h7,9-13H,3-6,8,14-21H2,1-2H3/b9-7+. The number of hydrogen-bond donors (Lipinski definition) is 0. The lowest BCUT2D eigenvalue weighted by atomic mass is 9.51. The molecule has 2 bridgehead atoms. The van der Waals surface area contributed by atoms with Gasteiger partial charge in [-0.15, -0.1) is 0 Å². The first-order valence-corrected chi connectivity index (χ1v) is 11.1. The summed E-state index contributed by atoms with van der Waals surface area (Å²) < 4.78 is 5.86. The van der Waals surface area contributed by atoms with Gasteiger partial charge in [-0.2, -0.15) is 0 Å². The van der Waals surface area contributed by atoms with Crippen molar-refractivity contribution in [3.05, 3.63) is 42.0 Å². The van der Waals surface area contributed by atoms with Gasteiger partial charge in [-0.1, -0.05) is 63.8 Å². The number of hydrogen-bond acceptors (Lipinski definition) is 1. The van der Waals surface area contributed by atoms with Crippen LogP contribution in [0.3, 0.4) is 0 Å². The van der Waals surface area contributed by atoms with Gasteiger partial charge in [0.15, 0.2) is 0 Å². The molecule has 0 saturated heterocycles. The zero-order chi connectivity index (χ0) is 18.3. The van der Waals surface area contributed by atoms with Gasteiger partial charge in [0, 0.05) is 0 Å². The zero-order valence-corrected chi connectivity index (χ0v) is 17.1. The zero-order valence-electron chi connectivity index (χ0n) is 17.1. The molecule has 1 aromatic rings. The molecule has 0 N–H and O–H groups in total. The fraction of sp³-hybridized carbons (Fsp3) is 0.680. The lowest BCUT2D eigenvalue weighted by Crippen LogP contribution is -2.44. The summed E-state index contributed by atoms with van der Waals surface area (Å²) in [7, 11) is 0. The molecule has 3 fully saturated rings. The van der Waals surface area contributed by atoms with Gasteiger partial charge in [-0.3, -0.25) is 0 Å². The van der Waals surface area contributed by atoms with Crippen molar-refractivity contribution in [1.82, 2.24) is 0 Å². The number of unbranched alkanes of at least 4 members (excludes halogenated alkanes) is 3. The lowest BCUT2D eigenvalue weighted by molar-refractivity contribution is 0.0305. The van der Waals surface area contributed by atoms with Crippen molar-refractivity contribution >= 4 is 0 Å². The third-order valence-corrected chi connectivity index (χ3v) is 7.15. The minimum Gasteiger partial charge on any atom is -0.490 e. The Bertz CT molecular complexity index is 544. The van der Waals surface area contributed by atoms with Crippen LogP contribution in [0.4, 0.5) is 0 Å². The number of ether oxygens (including phenoxy) is 1. The monoisotopic (exact) mass is 354 g/mol. The first kappa shape index (κ1) is 19.5. The Kier molecular flexibility index (Phi) is 6.84. The lowest BCUT2D eigenvalue weighted by Gasteiger charge is -2.54. The Morgan fingerprint density at radius 3 is 2.15 bits per heavy atom. The molecule has 1 aromatic carbocycles. The van der Waals surface area contributed by atoms with Gasteiger partial charge in [-0.05, 0) is 79.9 Å². The van der Waals surface area contributed by atoms with Crippen LogP contribution < -0.4 is 4.74 Å². The van der Waals surface area contributed by atoms with Gasteiger partial charge in [0.1, 0.15) is 12.4 Å². The van der Waals surface area contributed by atoms with Gasteiger partial charge >= 0.3 is 0 Å². The first-order valence-electron chi connectivity index (χ1n) is 11.1. The highest BCUT2D eigenvalue weighted by Gasteiger charge is 2.48. The predicted octanol–water partition coefficient (Wildman–Crippen LogP) is 7.59. The summed E-state index contributed by atoms with van der Waals surface area (Å²) in [5.74, 6) is 1.01. The highest BCUT2D eigenvalue weighted by molar-refractivity contribution is 5.34. The molecule has 0 heterocycles. The number of allylic oxidation sites excluding steroid dienone is 1. The van der Waals surface area contributed by atoms with Gasteiger partial charge in [-0.25, -0.2) is 0 Å². The Balaban J connectivity index is 1.54. The van der Waals surface area contributed by atoms with Crippen molar-refractivity contribution in [1.29, 1.82) is 0 Å². The first-order chi connectivity index (χ1) is 12.7. The van der Waals surface area contributed by atoms with Crippen molar-refractivity contribution in [2.45, 2.75) is 96.3 Å². The molecule has 0 aliphatic heterocycles. The normalized spacial score (nSPS) is 27.9. The smallest absolute Gasteiger partial charge is 0.119 e. The SMILES string of the molecule is CCC/C=C/COc1ccc(C23CCC(CCCCC)(CC2)CC3)cc1. The van der Waals surface area contributed by atoms with E-state index in [1.54, 1.807) is 5.56 Å². The van der Waals surface area contributed by atoms with Crippen LogP contribution in [0.2, 0.25) is 0 Å². The fourth-order valence-corrected chi connectivity index (χ4v) is 5.22. The second kappa shape index (κ2) is 9.11. The Morgan fingerprint density at radius 2 is 1.54 bits per heavy atom. The minimum absolute atomic E-state index is 0.464. The summed E-state index contributed by atoms with van der Waals surface area (Å²) in [5, 5.41) is 0. The quantitative estimate of drug-likeness (QED) is 0.310. The van der Waals surface area contributed by atoms with Crippen molar-refractivity contribution in [3.8, 4) is 5.75 Å². The molecular weight excluding hydrogens is 316 g/mol. The van der Waals surface area contributed by atoms with Crippen LogP contribution in [-0.2, 0) is 5.41 Å².